The summed E-state index contributed by atoms with van der Waals surface area (Å²) in [4.78, 5) is 34.5. The largest absolute Gasteiger partial charge is 0.299 e. The molecule has 0 spiro atoms. The van der Waals surface area contributed by atoms with Crippen molar-refractivity contribution in [2.75, 3.05) is 6.54 Å². The molecule has 1 amide bonds. The molecule has 3 aromatic heterocycles. The minimum Gasteiger partial charge on any atom is -0.299 e. The molecular formula is C43H62N2O2S5. The predicted molar refractivity (Wildman–Crippen MR) is 237 cm³/mol. The molecule has 1 aliphatic heterocycles. The normalized spacial score (nSPS) is 15.8. The number of hydrogen-bond donors (Lipinski definition) is 0. The first-order valence-electron chi connectivity index (χ1n) is 20.0. The van der Waals surface area contributed by atoms with Gasteiger partial charge in [0, 0.05) is 32.6 Å². The zero-order valence-corrected chi connectivity index (χ0v) is 36.7. The van der Waals surface area contributed by atoms with E-state index in [0.29, 0.717) is 16.2 Å². The number of aromatic nitrogens is 1. The van der Waals surface area contributed by atoms with E-state index >= 15 is 0 Å². The summed E-state index contributed by atoms with van der Waals surface area (Å²) in [6.07, 6.45) is 23.6. The maximum absolute atomic E-state index is 13.7. The number of unbranched alkanes of at least 4 members (excludes halogenated alkanes) is 8. The standard InChI is InChI=1S/C43H62N2O2S5/c1-8-12-16-18-22-33(20-14-10-3)28-44-32(7)49-37(41(44)46)26-35-24-30(5)39(50-35)40-31(6)25-36(51-40)27-38-42(47)45(43(48)52-38)29-34(21-15-11-4)23-19-17-13-9-2/h24-27,33-34H,7-23,28-29H2,1-6H3/b37-26-,38-27-. The van der Waals surface area contributed by atoms with Crippen LogP contribution in [0.3, 0.4) is 0 Å². The molecule has 0 aromatic carbocycles. The number of thiazole rings is 1. The number of rotatable bonds is 23. The van der Waals surface area contributed by atoms with Gasteiger partial charge >= 0.3 is 0 Å². The van der Waals surface area contributed by atoms with Crippen molar-refractivity contribution in [3.8, 4) is 9.75 Å². The molecule has 3 aromatic rings. The van der Waals surface area contributed by atoms with Gasteiger partial charge in [-0.05, 0) is 86.8 Å². The molecule has 0 N–H and O–H groups in total. The Morgan fingerprint density at radius 1 is 0.692 bits per heavy atom. The van der Waals surface area contributed by atoms with Gasteiger partial charge in [0.15, 0.2) is 0 Å². The minimum absolute atomic E-state index is 0.0569. The molecule has 52 heavy (non-hydrogen) atoms. The maximum atomic E-state index is 13.7. The van der Waals surface area contributed by atoms with Gasteiger partial charge in [0.1, 0.15) is 4.32 Å². The third-order valence-corrected chi connectivity index (χ3v) is 15.1. The molecule has 0 saturated carbocycles. The number of carbonyl (C=O) groups excluding carboxylic acids is 1. The quantitative estimate of drug-likeness (QED) is 0.0544. The lowest BCUT2D eigenvalue weighted by atomic mass is 9.94. The van der Waals surface area contributed by atoms with E-state index < -0.39 is 0 Å². The highest BCUT2D eigenvalue weighted by Gasteiger charge is 2.33. The highest BCUT2D eigenvalue weighted by molar-refractivity contribution is 8.26. The Morgan fingerprint density at radius 3 is 1.73 bits per heavy atom. The second-order valence-corrected chi connectivity index (χ2v) is 19.7. The van der Waals surface area contributed by atoms with E-state index in [9.17, 15) is 9.59 Å². The lowest BCUT2D eigenvalue weighted by Crippen LogP contribution is -2.33. The molecular weight excluding hydrogens is 737 g/mol. The summed E-state index contributed by atoms with van der Waals surface area (Å²) in [5.41, 5.74) is 2.50. The highest BCUT2D eigenvalue weighted by Crippen LogP contribution is 2.42. The third kappa shape index (κ3) is 12.1. The van der Waals surface area contributed by atoms with Crippen LogP contribution in [-0.4, -0.2) is 26.2 Å². The summed E-state index contributed by atoms with van der Waals surface area (Å²) >= 11 is 12.2. The summed E-state index contributed by atoms with van der Waals surface area (Å²) in [7, 11) is 0. The zero-order chi connectivity index (χ0) is 37.6. The van der Waals surface area contributed by atoms with Crippen LogP contribution in [0.1, 0.15) is 151 Å². The first-order valence-corrected chi connectivity index (χ1v) is 23.6. The van der Waals surface area contributed by atoms with Gasteiger partial charge in [-0.2, -0.15) is 0 Å². The van der Waals surface area contributed by atoms with Gasteiger partial charge in [0.25, 0.3) is 11.5 Å². The molecule has 2 atom stereocenters. The van der Waals surface area contributed by atoms with E-state index in [1.807, 2.05) is 15.5 Å². The number of nitrogens with zero attached hydrogens (tertiary/aromatic N) is 2. The van der Waals surface area contributed by atoms with E-state index in [4.69, 9.17) is 12.2 Å². The fraction of sp³-hybridized carbons (Fsp3) is 0.605. The van der Waals surface area contributed by atoms with Crippen LogP contribution in [0, 0.1) is 25.7 Å². The van der Waals surface area contributed by atoms with Crippen molar-refractivity contribution in [2.45, 2.75) is 151 Å². The molecule has 4 nitrogen and oxygen atoms in total. The summed E-state index contributed by atoms with van der Waals surface area (Å²) in [6.45, 7) is 19.1. The van der Waals surface area contributed by atoms with E-state index in [2.05, 4.69) is 66.3 Å². The molecule has 286 valence electrons. The Hall–Kier alpha value is -1.78. The lowest BCUT2D eigenvalue weighted by molar-refractivity contribution is -0.122. The second kappa shape index (κ2) is 21.9. The number of aryl methyl sites for hydroxylation is 2. The summed E-state index contributed by atoms with van der Waals surface area (Å²) in [5.74, 6) is 1.09. The number of amides is 1. The van der Waals surface area contributed by atoms with Crippen molar-refractivity contribution in [3.63, 3.8) is 0 Å². The molecule has 9 heteroatoms. The van der Waals surface area contributed by atoms with Gasteiger partial charge in [-0.3, -0.25) is 19.1 Å². The van der Waals surface area contributed by atoms with Gasteiger partial charge in [-0.1, -0.05) is 135 Å². The van der Waals surface area contributed by atoms with Crippen LogP contribution >= 0.6 is 58.0 Å². The Bertz CT molecular complexity index is 1810. The van der Waals surface area contributed by atoms with E-state index in [-0.39, 0.29) is 11.5 Å². The molecule has 1 saturated heterocycles. The van der Waals surface area contributed by atoms with Gasteiger partial charge < -0.3 is 0 Å². The number of hydrogen-bond acceptors (Lipinski definition) is 7. The van der Waals surface area contributed by atoms with E-state index in [1.54, 1.807) is 22.7 Å². The first kappa shape index (κ1) is 43.0. The maximum Gasteiger partial charge on any atom is 0.269 e. The summed E-state index contributed by atoms with van der Waals surface area (Å²) in [5, 5.41) is 0. The van der Waals surface area contributed by atoms with Crippen LogP contribution < -0.4 is 14.8 Å². The van der Waals surface area contributed by atoms with Crippen LogP contribution in [-0.2, 0) is 11.3 Å². The monoisotopic (exact) mass is 798 g/mol. The van der Waals surface area contributed by atoms with Crippen LogP contribution in [0.4, 0.5) is 0 Å². The second-order valence-electron chi connectivity index (χ2n) is 14.7. The molecule has 1 aliphatic rings. The molecule has 4 rings (SSSR count). The Labute approximate surface area is 335 Å². The number of carbonyl (C=O) groups is 1. The van der Waals surface area contributed by atoms with Crippen LogP contribution in [0.15, 0.2) is 21.8 Å². The number of thioether (sulfide) groups is 1. The van der Waals surface area contributed by atoms with E-state index in [0.717, 1.165) is 43.4 Å². The Morgan fingerprint density at radius 2 is 1.19 bits per heavy atom. The third-order valence-electron chi connectivity index (χ3n) is 10.2. The predicted octanol–water partition coefficient (Wildman–Crippen LogP) is 12.3. The fourth-order valence-electron chi connectivity index (χ4n) is 7.15. The van der Waals surface area contributed by atoms with Crippen LogP contribution in [0.5, 0.6) is 0 Å². The molecule has 0 bridgehead atoms. The molecule has 1 fully saturated rings. The van der Waals surface area contributed by atoms with Gasteiger partial charge in [0.05, 0.1) is 14.1 Å². The smallest absolute Gasteiger partial charge is 0.269 e. The topological polar surface area (TPSA) is 42.3 Å². The molecule has 0 aliphatic carbocycles. The number of thiocarbonyl (C=S) groups is 1. The Kier molecular flexibility index (Phi) is 18.1. The van der Waals surface area contributed by atoms with Gasteiger partial charge in [0.2, 0.25) is 0 Å². The van der Waals surface area contributed by atoms with Crippen molar-refractivity contribution < 1.29 is 4.79 Å². The SMILES string of the molecule is C=c1s/c(=C\c2cc(C)c(-c3sc(/C=C4\SC(=S)N(CC(CCCC)CCCCCC)C4=O)cc3C)s2)c(=O)n1CC(CCCC)CCCCCC. The molecule has 4 heterocycles. The fourth-order valence-corrected chi connectivity index (χ4v) is 12.0. The lowest BCUT2D eigenvalue weighted by Gasteiger charge is -2.23. The summed E-state index contributed by atoms with van der Waals surface area (Å²) in [6, 6.07) is 4.39. The first-order chi connectivity index (χ1) is 25.1. The van der Waals surface area contributed by atoms with E-state index in [1.165, 1.54) is 140 Å². The van der Waals surface area contributed by atoms with Crippen molar-refractivity contribution >= 4 is 86.9 Å². The highest BCUT2D eigenvalue weighted by atomic mass is 32.2. The number of thiophene rings is 2. The van der Waals surface area contributed by atoms with Gasteiger partial charge in [-0.15, -0.1) is 34.0 Å². The molecule has 0 radical (unpaired) electrons. The Balaban J connectivity index is 1.50. The van der Waals surface area contributed by atoms with Crippen molar-refractivity contribution in [2.24, 2.45) is 11.8 Å². The van der Waals surface area contributed by atoms with Crippen LogP contribution in [0.2, 0.25) is 0 Å². The average molecular weight is 799 g/mol. The molecule has 2 unspecified atom stereocenters. The van der Waals surface area contributed by atoms with Crippen molar-refractivity contribution in [1.82, 2.24) is 9.47 Å². The average Bonchev–Trinajstić information content (AvgIpc) is 3.82. The van der Waals surface area contributed by atoms with Crippen LogP contribution in [0.25, 0.3) is 28.5 Å². The van der Waals surface area contributed by atoms with Gasteiger partial charge in [-0.25, -0.2) is 0 Å². The minimum atomic E-state index is 0.0569. The zero-order valence-electron chi connectivity index (χ0n) is 32.7. The summed E-state index contributed by atoms with van der Waals surface area (Å²) < 4.78 is 4.25. The van der Waals surface area contributed by atoms with Crippen molar-refractivity contribution in [1.29, 1.82) is 0 Å². The van der Waals surface area contributed by atoms with Crippen molar-refractivity contribution in [3.05, 3.63) is 57.5 Å².